The standard InChI is InChI=1S/C13H13NO2/c1-2-7-16-12-6-4-10-3-5-11(9-15)14-13(10)8-12/h3-6,8-9H,2,7H2,1H3. The van der Waals surface area contributed by atoms with Crippen molar-refractivity contribution >= 4 is 17.2 Å². The summed E-state index contributed by atoms with van der Waals surface area (Å²) in [6.45, 7) is 2.75. The first-order chi connectivity index (χ1) is 7.83. The number of carbonyl (C=O) groups is 1. The molecule has 0 aliphatic carbocycles. The Kier molecular flexibility index (Phi) is 3.15. The number of ether oxygens (including phenoxy) is 1. The summed E-state index contributed by atoms with van der Waals surface area (Å²) in [6, 6.07) is 9.32. The maximum Gasteiger partial charge on any atom is 0.168 e. The Hall–Kier alpha value is -1.90. The van der Waals surface area contributed by atoms with Gasteiger partial charge in [-0.05, 0) is 24.6 Å². The number of rotatable bonds is 4. The molecule has 0 unspecified atom stereocenters. The van der Waals surface area contributed by atoms with Gasteiger partial charge in [0.25, 0.3) is 0 Å². The van der Waals surface area contributed by atoms with Crippen molar-refractivity contribution in [3.8, 4) is 5.75 Å². The molecule has 2 rings (SSSR count). The number of benzene rings is 1. The predicted octanol–water partition coefficient (Wildman–Crippen LogP) is 2.84. The normalized spacial score (nSPS) is 10.3. The van der Waals surface area contributed by atoms with Gasteiger partial charge in [0.05, 0.1) is 12.1 Å². The lowest BCUT2D eigenvalue weighted by molar-refractivity contribution is 0.111. The van der Waals surface area contributed by atoms with E-state index in [4.69, 9.17) is 4.74 Å². The van der Waals surface area contributed by atoms with Gasteiger partial charge >= 0.3 is 0 Å². The van der Waals surface area contributed by atoms with Gasteiger partial charge in [0.2, 0.25) is 0 Å². The molecule has 0 saturated heterocycles. The Morgan fingerprint density at radius 1 is 1.31 bits per heavy atom. The van der Waals surface area contributed by atoms with Gasteiger partial charge in [-0.2, -0.15) is 0 Å². The number of hydrogen-bond acceptors (Lipinski definition) is 3. The van der Waals surface area contributed by atoms with Gasteiger partial charge in [0.15, 0.2) is 6.29 Å². The first-order valence-corrected chi connectivity index (χ1v) is 5.32. The van der Waals surface area contributed by atoms with E-state index in [0.29, 0.717) is 12.3 Å². The second-order valence-electron chi connectivity index (χ2n) is 3.56. The number of fused-ring (bicyclic) bond motifs is 1. The molecule has 0 bridgehead atoms. The molecule has 2 aromatic rings. The summed E-state index contributed by atoms with van der Waals surface area (Å²) in [5, 5.41) is 1.01. The molecular weight excluding hydrogens is 202 g/mol. The molecule has 1 heterocycles. The molecule has 0 radical (unpaired) electrons. The number of hydrogen-bond donors (Lipinski definition) is 0. The van der Waals surface area contributed by atoms with E-state index in [9.17, 15) is 4.79 Å². The highest BCUT2D eigenvalue weighted by atomic mass is 16.5. The summed E-state index contributed by atoms with van der Waals surface area (Å²) in [7, 11) is 0. The molecule has 0 spiro atoms. The van der Waals surface area contributed by atoms with Gasteiger partial charge in [-0.25, -0.2) is 4.98 Å². The Labute approximate surface area is 94.1 Å². The second-order valence-corrected chi connectivity index (χ2v) is 3.56. The van der Waals surface area contributed by atoms with Gasteiger partial charge in [-0.15, -0.1) is 0 Å². The summed E-state index contributed by atoms with van der Waals surface area (Å²) >= 11 is 0. The average molecular weight is 215 g/mol. The van der Waals surface area contributed by atoms with Crippen molar-refractivity contribution < 1.29 is 9.53 Å². The van der Waals surface area contributed by atoms with E-state index in [1.165, 1.54) is 0 Å². The van der Waals surface area contributed by atoms with E-state index >= 15 is 0 Å². The molecule has 3 nitrogen and oxygen atoms in total. The lowest BCUT2D eigenvalue weighted by Crippen LogP contribution is -1.95. The number of carbonyl (C=O) groups excluding carboxylic acids is 1. The highest BCUT2D eigenvalue weighted by Crippen LogP contribution is 2.19. The van der Waals surface area contributed by atoms with Crippen LogP contribution < -0.4 is 4.74 Å². The lowest BCUT2D eigenvalue weighted by Gasteiger charge is -2.05. The van der Waals surface area contributed by atoms with Crippen LogP contribution in [-0.4, -0.2) is 17.9 Å². The fourth-order valence-electron chi connectivity index (χ4n) is 1.49. The third kappa shape index (κ3) is 2.19. The van der Waals surface area contributed by atoms with Crippen LogP contribution in [0.15, 0.2) is 30.3 Å². The van der Waals surface area contributed by atoms with Gasteiger partial charge in [0, 0.05) is 11.5 Å². The van der Waals surface area contributed by atoms with Crippen molar-refractivity contribution in [1.82, 2.24) is 4.98 Å². The molecular formula is C13H13NO2. The summed E-state index contributed by atoms with van der Waals surface area (Å²) < 4.78 is 5.51. The summed E-state index contributed by atoms with van der Waals surface area (Å²) in [4.78, 5) is 14.8. The molecule has 0 aliphatic heterocycles. The van der Waals surface area contributed by atoms with E-state index in [1.54, 1.807) is 6.07 Å². The van der Waals surface area contributed by atoms with Gasteiger partial charge in [0.1, 0.15) is 11.4 Å². The zero-order chi connectivity index (χ0) is 11.4. The molecule has 0 saturated carbocycles. The van der Waals surface area contributed by atoms with Crippen molar-refractivity contribution in [2.75, 3.05) is 6.61 Å². The summed E-state index contributed by atoms with van der Waals surface area (Å²) in [5.74, 6) is 0.796. The van der Waals surface area contributed by atoms with E-state index < -0.39 is 0 Å². The molecule has 16 heavy (non-hydrogen) atoms. The molecule has 0 amide bonds. The van der Waals surface area contributed by atoms with Crippen LogP contribution in [0.4, 0.5) is 0 Å². The van der Waals surface area contributed by atoms with E-state index in [0.717, 1.165) is 29.4 Å². The fourth-order valence-corrected chi connectivity index (χ4v) is 1.49. The largest absolute Gasteiger partial charge is 0.494 e. The molecule has 3 heteroatoms. The smallest absolute Gasteiger partial charge is 0.168 e. The van der Waals surface area contributed by atoms with Crippen LogP contribution in [0.3, 0.4) is 0 Å². The third-order valence-electron chi connectivity index (χ3n) is 2.28. The number of nitrogens with zero attached hydrogens (tertiary/aromatic N) is 1. The number of aldehydes is 1. The summed E-state index contributed by atoms with van der Waals surface area (Å²) in [6.07, 6.45) is 1.72. The van der Waals surface area contributed by atoms with E-state index in [2.05, 4.69) is 11.9 Å². The molecule has 0 aliphatic rings. The SMILES string of the molecule is CCCOc1ccc2ccc(C=O)nc2c1. The Balaban J connectivity index is 2.38. The molecule has 0 fully saturated rings. The van der Waals surface area contributed by atoms with Crippen molar-refractivity contribution in [2.24, 2.45) is 0 Å². The molecule has 0 N–H and O–H groups in total. The monoisotopic (exact) mass is 215 g/mol. The van der Waals surface area contributed by atoms with Gasteiger partial charge in [-0.3, -0.25) is 4.79 Å². The second kappa shape index (κ2) is 4.75. The van der Waals surface area contributed by atoms with E-state index in [1.807, 2.05) is 24.3 Å². The van der Waals surface area contributed by atoms with Crippen molar-refractivity contribution in [1.29, 1.82) is 0 Å². The van der Waals surface area contributed by atoms with Crippen molar-refractivity contribution in [3.63, 3.8) is 0 Å². The topological polar surface area (TPSA) is 39.2 Å². The minimum atomic E-state index is 0.445. The summed E-state index contributed by atoms with van der Waals surface area (Å²) in [5.41, 5.74) is 1.23. The van der Waals surface area contributed by atoms with Crippen LogP contribution in [0.2, 0.25) is 0 Å². The van der Waals surface area contributed by atoms with Gasteiger partial charge in [-0.1, -0.05) is 13.0 Å². The molecule has 1 aromatic heterocycles. The number of pyridine rings is 1. The zero-order valence-electron chi connectivity index (χ0n) is 9.14. The third-order valence-corrected chi connectivity index (χ3v) is 2.28. The first-order valence-electron chi connectivity index (χ1n) is 5.32. The Morgan fingerprint density at radius 2 is 2.12 bits per heavy atom. The van der Waals surface area contributed by atoms with Crippen LogP contribution in [0.1, 0.15) is 23.8 Å². The Bertz CT molecular complexity index is 508. The van der Waals surface area contributed by atoms with Gasteiger partial charge < -0.3 is 4.74 Å². The highest BCUT2D eigenvalue weighted by Gasteiger charge is 2.00. The van der Waals surface area contributed by atoms with Crippen molar-refractivity contribution in [2.45, 2.75) is 13.3 Å². The predicted molar refractivity (Wildman–Crippen MR) is 62.9 cm³/mol. The molecule has 1 aromatic carbocycles. The minimum Gasteiger partial charge on any atom is -0.494 e. The number of aromatic nitrogens is 1. The zero-order valence-corrected chi connectivity index (χ0v) is 9.14. The maximum absolute atomic E-state index is 10.6. The maximum atomic E-state index is 10.6. The fraction of sp³-hybridized carbons (Fsp3) is 0.231. The quantitative estimate of drug-likeness (QED) is 0.736. The first kappa shape index (κ1) is 10.6. The highest BCUT2D eigenvalue weighted by molar-refractivity contribution is 5.84. The van der Waals surface area contributed by atoms with Crippen LogP contribution in [-0.2, 0) is 0 Å². The Morgan fingerprint density at radius 3 is 2.88 bits per heavy atom. The molecule has 82 valence electrons. The lowest BCUT2D eigenvalue weighted by atomic mass is 10.2. The van der Waals surface area contributed by atoms with Crippen LogP contribution in [0.25, 0.3) is 10.9 Å². The van der Waals surface area contributed by atoms with Crippen molar-refractivity contribution in [3.05, 3.63) is 36.0 Å². The van der Waals surface area contributed by atoms with E-state index in [-0.39, 0.29) is 0 Å². The van der Waals surface area contributed by atoms with Crippen LogP contribution in [0.5, 0.6) is 5.75 Å². The van der Waals surface area contributed by atoms with Crippen LogP contribution in [0, 0.1) is 0 Å². The molecule has 0 atom stereocenters. The average Bonchev–Trinajstić information content (AvgIpc) is 2.35. The van der Waals surface area contributed by atoms with Crippen LogP contribution >= 0.6 is 0 Å². The minimum absolute atomic E-state index is 0.445.